The summed E-state index contributed by atoms with van der Waals surface area (Å²) >= 11 is 0. The minimum atomic E-state index is -3.81. The maximum Gasteiger partial charge on any atom is 0.294 e. The largest absolute Gasteiger partial charge is 0.381 e. The Balaban J connectivity index is 2.18. The quantitative estimate of drug-likeness (QED) is 0.387. The smallest absolute Gasteiger partial charge is 0.294 e. The summed E-state index contributed by atoms with van der Waals surface area (Å²) in [5.41, 5.74) is 1.80. The predicted molar refractivity (Wildman–Crippen MR) is 75.0 cm³/mol. The van der Waals surface area contributed by atoms with Crippen molar-refractivity contribution in [3.8, 4) is 0 Å². The molecule has 0 saturated carbocycles. The zero-order valence-corrected chi connectivity index (χ0v) is 11.9. The number of nitro benzene ring substituents is 1. The fourth-order valence-corrected chi connectivity index (χ4v) is 3.14. The number of nitrogens with two attached hydrogens (primary N) is 1. The molecule has 1 heterocycles. The molecule has 9 nitrogen and oxygen atoms in total. The minimum absolute atomic E-state index is 0.0446. The van der Waals surface area contributed by atoms with E-state index in [0.717, 1.165) is 12.5 Å². The van der Waals surface area contributed by atoms with Crippen molar-refractivity contribution < 1.29 is 18.1 Å². The van der Waals surface area contributed by atoms with Crippen LogP contribution in [-0.4, -0.2) is 33.1 Å². The van der Waals surface area contributed by atoms with Crippen molar-refractivity contribution in [2.75, 3.05) is 25.2 Å². The van der Waals surface area contributed by atoms with Crippen LogP contribution in [-0.2, 0) is 14.8 Å². The topological polar surface area (TPSA) is 137 Å². The Morgan fingerprint density at radius 1 is 1.48 bits per heavy atom. The average molecular weight is 316 g/mol. The number of anilines is 1. The molecule has 0 radical (unpaired) electrons. The molecule has 10 heteroatoms. The molecule has 0 aromatic heterocycles. The van der Waals surface area contributed by atoms with Crippen molar-refractivity contribution in [1.29, 1.82) is 0 Å². The molecule has 1 aliphatic rings. The van der Waals surface area contributed by atoms with Crippen LogP contribution in [0, 0.1) is 16.0 Å². The third kappa shape index (κ3) is 3.67. The molecule has 2 rings (SSSR count). The van der Waals surface area contributed by atoms with Gasteiger partial charge in [0.2, 0.25) is 10.0 Å². The maximum atomic E-state index is 12.1. The fourth-order valence-electron chi connectivity index (χ4n) is 2.01. The van der Waals surface area contributed by atoms with E-state index < -0.39 is 20.6 Å². The molecule has 1 unspecified atom stereocenters. The van der Waals surface area contributed by atoms with E-state index in [2.05, 4.69) is 10.1 Å². The van der Waals surface area contributed by atoms with Gasteiger partial charge in [0.1, 0.15) is 5.69 Å². The zero-order valence-electron chi connectivity index (χ0n) is 11.1. The van der Waals surface area contributed by atoms with Crippen molar-refractivity contribution in [3.05, 3.63) is 28.3 Å². The summed E-state index contributed by atoms with van der Waals surface area (Å²) in [4.78, 5) is 10.0. The number of sulfonamides is 1. The van der Waals surface area contributed by atoms with Crippen LogP contribution < -0.4 is 16.0 Å². The van der Waals surface area contributed by atoms with Gasteiger partial charge < -0.3 is 10.2 Å². The molecule has 0 amide bonds. The van der Waals surface area contributed by atoms with Gasteiger partial charge in [-0.1, -0.05) is 0 Å². The first kappa shape index (κ1) is 15.6. The first-order valence-electron chi connectivity index (χ1n) is 6.26. The van der Waals surface area contributed by atoms with Crippen molar-refractivity contribution in [3.63, 3.8) is 0 Å². The second-order valence-corrected chi connectivity index (χ2v) is 6.43. The number of benzene rings is 1. The van der Waals surface area contributed by atoms with Crippen LogP contribution in [0.5, 0.6) is 0 Å². The van der Waals surface area contributed by atoms with E-state index in [1.54, 1.807) is 0 Å². The summed E-state index contributed by atoms with van der Waals surface area (Å²) in [6.07, 6.45) is 0.790. The van der Waals surface area contributed by atoms with Crippen LogP contribution in [0.25, 0.3) is 0 Å². The van der Waals surface area contributed by atoms with Gasteiger partial charge in [-0.2, -0.15) is 0 Å². The summed E-state index contributed by atoms with van der Waals surface area (Å²) in [7, 11) is -3.81. The van der Waals surface area contributed by atoms with Gasteiger partial charge >= 0.3 is 0 Å². The number of rotatable bonds is 6. The van der Waals surface area contributed by atoms with Crippen LogP contribution in [0.4, 0.5) is 11.4 Å². The van der Waals surface area contributed by atoms with Crippen molar-refractivity contribution in [2.45, 2.75) is 11.3 Å². The predicted octanol–water partition coefficient (Wildman–Crippen LogP) is 0.195. The van der Waals surface area contributed by atoms with E-state index in [4.69, 9.17) is 10.6 Å². The molecule has 1 atom stereocenters. The van der Waals surface area contributed by atoms with Crippen LogP contribution in [0.15, 0.2) is 23.1 Å². The lowest BCUT2D eigenvalue weighted by Crippen LogP contribution is -2.29. The zero-order chi connectivity index (χ0) is 15.5. The summed E-state index contributed by atoms with van der Waals surface area (Å²) in [6, 6.07) is 3.49. The van der Waals surface area contributed by atoms with Gasteiger partial charge in [-0.25, -0.2) is 13.1 Å². The molecule has 1 fully saturated rings. The lowest BCUT2D eigenvalue weighted by atomic mass is 10.1. The van der Waals surface area contributed by atoms with Crippen LogP contribution in [0.2, 0.25) is 0 Å². The standard InChI is InChI=1S/C11H16N4O5S/c12-14-10-2-1-9(5-11(10)15(16)17)21(18,19)13-6-8-3-4-20-7-8/h1-2,5,8,13-14H,3-4,6-7,12H2. The Kier molecular flexibility index (Phi) is 4.73. The first-order chi connectivity index (χ1) is 9.94. The molecule has 0 spiro atoms. The SMILES string of the molecule is NNc1ccc(S(=O)(=O)NCC2CCOC2)cc1[N+](=O)[O-]. The first-order valence-corrected chi connectivity index (χ1v) is 7.75. The van der Waals surface area contributed by atoms with E-state index in [9.17, 15) is 18.5 Å². The lowest BCUT2D eigenvalue weighted by molar-refractivity contribution is -0.384. The summed E-state index contributed by atoms with van der Waals surface area (Å²) in [5.74, 6) is 5.28. The van der Waals surface area contributed by atoms with Crippen LogP contribution >= 0.6 is 0 Å². The molecule has 1 aromatic rings. The third-order valence-electron chi connectivity index (χ3n) is 3.22. The summed E-state index contributed by atoms with van der Waals surface area (Å²) in [6.45, 7) is 1.38. The Labute approximate surface area is 121 Å². The Morgan fingerprint density at radius 2 is 2.24 bits per heavy atom. The lowest BCUT2D eigenvalue weighted by Gasteiger charge is -2.11. The number of hydrogen-bond acceptors (Lipinski definition) is 7. The molecular formula is C11H16N4O5S. The number of ether oxygens (including phenoxy) is 1. The van der Waals surface area contributed by atoms with E-state index in [1.165, 1.54) is 12.1 Å². The molecule has 116 valence electrons. The Morgan fingerprint density at radius 3 is 2.81 bits per heavy atom. The van der Waals surface area contributed by atoms with Gasteiger partial charge in [0.25, 0.3) is 5.69 Å². The van der Waals surface area contributed by atoms with Gasteiger partial charge in [0.05, 0.1) is 16.4 Å². The van der Waals surface area contributed by atoms with Crippen LogP contribution in [0.1, 0.15) is 6.42 Å². The third-order valence-corrected chi connectivity index (χ3v) is 4.64. The minimum Gasteiger partial charge on any atom is -0.381 e. The molecule has 1 saturated heterocycles. The Hall–Kier alpha value is -1.75. The number of nitrogens with one attached hydrogen (secondary N) is 2. The van der Waals surface area contributed by atoms with E-state index in [-0.39, 0.29) is 23.0 Å². The number of nitrogens with zero attached hydrogens (tertiary/aromatic N) is 1. The van der Waals surface area contributed by atoms with Crippen molar-refractivity contribution >= 4 is 21.4 Å². The monoisotopic (exact) mass is 316 g/mol. The molecule has 0 aliphatic carbocycles. The highest BCUT2D eigenvalue weighted by Gasteiger charge is 2.23. The number of hydrogen-bond donors (Lipinski definition) is 3. The maximum absolute atomic E-state index is 12.1. The number of nitrogen functional groups attached to an aromatic ring is 1. The molecule has 1 aliphatic heterocycles. The summed E-state index contributed by atoms with van der Waals surface area (Å²) in [5, 5.41) is 10.9. The average Bonchev–Trinajstić information content (AvgIpc) is 2.97. The molecule has 4 N–H and O–H groups in total. The van der Waals surface area contributed by atoms with Crippen LogP contribution in [0.3, 0.4) is 0 Å². The molecule has 0 bridgehead atoms. The second kappa shape index (κ2) is 6.35. The van der Waals surface area contributed by atoms with Gasteiger partial charge in [0.15, 0.2) is 0 Å². The highest BCUT2D eigenvalue weighted by atomic mass is 32.2. The van der Waals surface area contributed by atoms with Crippen molar-refractivity contribution in [1.82, 2.24) is 4.72 Å². The van der Waals surface area contributed by atoms with E-state index in [0.29, 0.717) is 13.2 Å². The van der Waals surface area contributed by atoms with Crippen molar-refractivity contribution in [2.24, 2.45) is 11.8 Å². The van der Waals surface area contributed by atoms with E-state index in [1.807, 2.05) is 0 Å². The molecule has 21 heavy (non-hydrogen) atoms. The highest BCUT2D eigenvalue weighted by molar-refractivity contribution is 7.89. The normalized spacial score (nSPS) is 18.6. The van der Waals surface area contributed by atoms with E-state index >= 15 is 0 Å². The Bertz CT molecular complexity index is 628. The molecule has 1 aromatic carbocycles. The van der Waals surface area contributed by atoms with Gasteiger partial charge in [-0.3, -0.25) is 16.0 Å². The molecular weight excluding hydrogens is 300 g/mol. The second-order valence-electron chi connectivity index (χ2n) is 4.66. The number of nitro groups is 1. The number of hydrazine groups is 1. The van der Waals surface area contributed by atoms with Gasteiger partial charge in [-0.05, 0) is 24.5 Å². The van der Waals surface area contributed by atoms with Gasteiger partial charge in [0, 0.05) is 19.2 Å². The summed E-state index contributed by atoms with van der Waals surface area (Å²) < 4.78 is 31.9. The highest BCUT2D eigenvalue weighted by Crippen LogP contribution is 2.26. The van der Waals surface area contributed by atoms with Gasteiger partial charge in [-0.15, -0.1) is 0 Å². The fraction of sp³-hybridized carbons (Fsp3) is 0.455.